The Morgan fingerprint density at radius 2 is 1.71 bits per heavy atom. The van der Waals surface area contributed by atoms with Crippen LogP contribution in [0.2, 0.25) is 0 Å². The van der Waals surface area contributed by atoms with Crippen LogP contribution in [0.5, 0.6) is 0 Å². The SMILES string of the molecule is CC(N)CCNCCC(c1ccccc1)c1ccccn1. The summed E-state index contributed by atoms with van der Waals surface area (Å²) in [5.41, 5.74) is 8.23. The maximum absolute atomic E-state index is 5.77. The number of hydrogen-bond donors (Lipinski definition) is 2. The summed E-state index contributed by atoms with van der Waals surface area (Å²) < 4.78 is 0. The van der Waals surface area contributed by atoms with Gasteiger partial charge in [0, 0.05) is 23.9 Å². The molecule has 2 aromatic rings. The summed E-state index contributed by atoms with van der Waals surface area (Å²) >= 11 is 0. The zero-order valence-electron chi connectivity index (χ0n) is 12.7. The molecule has 0 amide bonds. The second kappa shape index (κ2) is 8.55. The maximum Gasteiger partial charge on any atom is 0.0478 e. The van der Waals surface area contributed by atoms with Crippen molar-refractivity contribution < 1.29 is 0 Å². The number of rotatable bonds is 8. The van der Waals surface area contributed by atoms with Crippen molar-refractivity contribution in [2.24, 2.45) is 5.73 Å². The van der Waals surface area contributed by atoms with Crippen molar-refractivity contribution in [3.05, 3.63) is 66.0 Å². The summed E-state index contributed by atoms with van der Waals surface area (Å²) in [6, 6.07) is 17.0. The standard InChI is InChI=1S/C18H25N3/c1-15(19)10-13-20-14-11-17(16-7-3-2-4-8-16)18-9-5-6-12-21-18/h2-9,12,15,17,20H,10-11,13-14,19H2,1H3. The largest absolute Gasteiger partial charge is 0.328 e. The zero-order valence-corrected chi connectivity index (χ0v) is 12.7. The van der Waals surface area contributed by atoms with Gasteiger partial charge in [-0.15, -0.1) is 0 Å². The molecule has 2 rings (SSSR count). The average Bonchev–Trinajstić information content (AvgIpc) is 2.52. The second-order valence-corrected chi connectivity index (χ2v) is 5.52. The number of pyridine rings is 1. The predicted molar refractivity (Wildman–Crippen MR) is 88.3 cm³/mol. The molecule has 3 heteroatoms. The third-order valence-corrected chi connectivity index (χ3v) is 3.63. The lowest BCUT2D eigenvalue weighted by Crippen LogP contribution is -2.25. The molecule has 0 bridgehead atoms. The lowest BCUT2D eigenvalue weighted by molar-refractivity contribution is 0.559. The summed E-state index contributed by atoms with van der Waals surface area (Å²) in [6.45, 7) is 3.99. The Morgan fingerprint density at radius 3 is 2.38 bits per heavy atom. The van der Waals surface area contributed by atoms with Crippen LogP contribution in [0, 0.1) is 0 Å². The molecular formula is C18H25N3. The van der Waals surface area contributed by atoms with Crippen LogP contribution in [-0.2, 0) is 0 Å². The van der Waals surface area contributed by atoms with E-state index in [1.165, 1.54) is 5.56 Å². The van der Waals surface area contributed by atoms with E-state index in [1.54, 1.807) is 0 Å². The Hall–Kier alpha value is -1.71. The molecule has 2 atom stereocenters. The van der Waals surface area contributed by atoms with Gasteiger partial charge in [-0.25, -0.2) is 0 Å². The minimum atomic E-state index is 0.262. The Bertz CT molecular complexity index is 457. The van der Waals surface area contributed by atoms with Crippen LogP contribution in [0.3, 0.4) is 0 Å². The van der Waals surface area contributed by atoms with Crippen molar-refractivity contribution in [2.75, 3.05) is 13.1 Å². The molecule has 0 fully saturated rings. The molecule has 3 nitrogen and oxygen atoms in total. The minimum Gasteiger partial charge on any atom is -0.328 e. The van der Waals surface area contributed by atoms with E-state index in [1.807, 2.05) is 19.2 Å². The van der Waals surface area contributed by atoms with Crippen molar-refractivity contribution in [2.45, 2.75) is 31.7 Å². The molecule has 1 aromatic heterocycles. The first kappa shape index (κ1) is 15.7. The van der Waals surface area contributed by atoms with Gasteiger partial charge in [0.15, 0.2) is 0 Å². The first-order valence-corrected chi connectivity index (χ1v) is 7.69. The van der Waals surface area contributed by atoms with Crippen LogP contribution in [-0.4, -0.2) is 24.1 Å². The highest BCUT2D eigenvalue weighted by Crippen LogP contribution is 2.25. The summed E-state index contributed by atoms with van der Waals surface area (Å²) in [7, 11) is 0. The van der Waals surface area contributed by atoms with Crippen LogP contribution < -0.4 is 11.1 Å². The molecule has 0 aliphatic rings. The molecule has 0 radical (unpaired) electrons. The van der Waals surface area contributed by atoms with E-state index in [0.29, 0.717) is 5.92 Å². The Morgan fingerprint density at radius 1 is 1.00 bits per heavy atom. The monoisotopic (exact) mass is 283 g/mol. The van der Waals surface area contributed by atoms with Crippen molar-refractivity contribution in [3.8, 4) is 0 Å². The van der Waals surface area contributed by atoms with Gasteiger partial charge < -0.3 is 11.1 Å². The van der Waals surface area contributed by atoms with Gasteiger partial charge in [0.1, 0.15) is 0 Å². The first-order valence-electron chi connectivity index (χ1n) is 7.69. The fourth-order valence-corrected chi connectivity index (χ4v) is 2.45. The number of nitrogens with two attached hydrogens (primary N) is 1. The first-order chi connectivity index (χ1) is 10.3. The molecule has 112 valence electrons. The summed E-state index contributed by atoms with van der Waals surface area (Å²) in [5, 5.41) is 3.48. The van der Waals surface area contributed by atoms with E-state index >= 15 is 0 Å². The second-order valence-electron chi connectivity index (χ2n) is 5.52. The lowest BCUT2D eigenvalue weighted by atomic mass is 9.92. The Labute approximate surface area is 127 Å². The molecule has 1 heterocycles. The van der Waals surface area contributed by atoms with E-state index in [4.69, 9.17) is 5.73 Å². The third-order valence-electron chi connectivity index (χ3n) is 3.63. The van der Waals surface area contributed by atoms with Gasteiger partial charge in [0.25, 0.3) is 0 Å². The van der Waals surface area contributed by atoms with E-state index in [2.05, 4.69) is 52.8 Å². The van der Waals surface area contributed by atoms with Crippen molar-refractivity contribution in [3.63, 3.8) is 0 Å². The van der Waals surface area contributed by atoms with Gasteiger partial charge in [-0.2, -0.15) is 0 Å². The molecular weight excluding hydrogens is 258 g/mol. The maximum atomic E-state index is 5.77. The lowest BCUT2D eigenvalue weighted by Gasteiger charge is -2.17. The average molecular weight is 283 g/mol. The molecule has 0 aliphatic carbocycles. The minimum absolute atomic E-state index is 0.262. The quantitative estimate of drug-likeness (QED) is 0.732. The Balaban J connectivity index is 1.97. The fraction of sp³-hybridized carbons (Fsp3) is 0.389. The molecule has 0 aliphatic heterocycles. The van der Waals surface area contributed by atoms with Gasteiger partial charge in [-0.05, 0) is 50.6 Å². The molecule has 0 saturated heterocycles. The molecule has 21 heavy (non-hydrogen) atoms. The predicted octanol–water partition coefficient (Wildman–Crippen LogP) is 2.93. The van der Waals surface area contributed by atoms with Gasteiger partial charge in [-0.1, -0.05) is 36.4 Å². The fourth-order valence-electron chi connectivity index (χ4n) is 2.45. The number of benzene rings is 1. The number of hydrogen-bond acceptors (Lipinski definition) is 3. The van der Waals surface area contributed by atoms with E-state index in [9.17, 15) is 0 Å². The topological polar surface area (TPSA) is 50.9 Å². The zero-order chi connectivity index (χ0) is 14.9. The summed E-state index contributed by atoms with van der Waals surface area (Å²) in [6.07, 6.45) is 3.92. The molecule has 0 saturated carbocycles. The van der Waals surface area contributed by atoms with Gasteiger partial charge in [0.2, 0.25) is 0 Å². The molecule has 2 unspecified atom stereocenters. The van der Waals surface area contributed by atoms with Crippen LogP contribution in [0.15, 0.2) is 54.7 Å². The normalized spacial score (nSPS) is 13.8. The van der Waals surface area contributed by atoms with E-state index < -0.39 is 0 Å². The van der Waals surface area contributed by atoms with Crippen LogP contribution >= 0.6 is 0 Å². The van der Waals surface area contributed by atoms with Gasteiger partial charge in [-0.3, -0.25) is 4.98 Å². The highest BCUT2D eigenvalue weighted by atomic mass is 14.9. The third kappa shape index (κ3) is 5.29. The van der Waals surface area contributed by atoms with Crippen LogP contribution in [0.1, 0.15) is 36.9 Å². The number of aromatic nitrogens is 1. The smallest absolute Gasteiger partial charge is 0.0478 e. The molecule has 3 N–H and O–H groups in total. The van der Waals surface area contributed by atoms with E-state index in [-0.39, 0.29) is 6.04 Å². The summed E-state index contributed by atoms with van der Waals surface area (Å²) in [4.78, 5) is 4.53. The molecule has 0 spiro atoms. The highest BCUT2D eigenvalue weighted by molar-refractivity contribution is 5.28. The number of nitrogens with one attached hydrogen (secondary N) is 1. The molecule has 1 aromatic carbocycles. The van der Waals surface area contributed by atoms with E-state index in [0.717, 1.165) is 31.6 Å². The Kier molecular flexibility index (Phi) is 6.38. The summed E-state index contributed by atoms with van der Waals surface area (Å²) in [5.74, 6) is 0.343. The number of nitrogens with zero attached hydrogens (tertiary/aromatic N) is 1. The van der Waals surface area contributed by atoms with Crippen molar-refractivity contribution >= 4 is 0 Å². The van der Waals surface area contributed by atoms with Gasteiger partial charge in [0.05, 0.1) is 0 Å². The van der Waals surface area contributed by atoms with Crippen molar-refractivity contribution in [1.29, 1.82) is 0 Å². The highest BCUT2D eigenvalue weighted by Gasteiger charge is 2.14. The van der Waals surface area contributed by atoms with Crippen molar-refractivity contribution in [1.82, 2.24) is 10.3 Å². The van der Waals surface area contributed by atoms with Crippen LogP contribution in [0.4, 0.5) is 0 Å². The van der Waals surface area contributed by atoms with Crippen LogP contribution in [0.25, 0.3) is 0 Å². The van der Waals surface area contributed by atoms with Gasteiger partial charge >= 0.3 is 0 Å².